The van der Waals surface area contributed by atoms with Crippen molar-refractivity contribution in [3.63, 3.8) is 0 Å². The minimum atomic E-state index is -0.802. The first-order chi connectivity index (χ1) is 41.0. The molecule has 1 unspecified atom stereocenters. The summed E-state index contributed by atoms with van der Waals surface area (Å²) in [5.41, 5.74) is 0. The molecule has 0 saturated carbocycles. The second-order valence-corrected chi connectivity index (χ2v) is 22.7. The third-order valence-electron chi connectivity index (χ3n) is 14.6. The van der Waals surface area contributed by atoms with Gasteiger partial charge in [0.25, 0.3) is 0 Å². The van der Waals surface area contributed by atoms with Gasteiger partial charge in [0.05, 0.1) is 0 Å². The van der Waals surface area contributed by atoms with Crippen molar-refractivity contribution >= 4 is 17.9 Å². The Hall–Kier alpha value is -4.45. The minimum absolute atomic E-state index is 0.0948. The van der Waals surface area contributed by atoms with Crippen LogP contribution in [0.15, 0.2) is 134 Å². The zero-order valence-electron chi connectivity index (χ0n) is 54.2. The van der Waals surface area contributed by atoms with E-state index in [4.69, 9.17) is 14.2 Å². The van der Waals surface area contributed by atoms with E-state index >= 15 is 0 Å². The molecule has 6 heteroatoms. The number of ether oxygens (including phenoxy) is 3. The lowest BCUT2D eigenvalue weighted by atomic mass is 10.1. The number of hydrogen-bond donors (Lipinski definition) is 0. The van der Waals surface area contributed by atoms with E-state index in [-0.39, 0.29) is 31.1 Å². The summed E-state index contributed by atoms with van der Waals surface area (Å²) in [7, 11) is 0. The van der Waals surface area contributed by atoms with Gasteiger partial charge in [-0.2, -0.15) is 0 Å². The summed E-state index contributed by atoms with van der Waals surface area (Å²) in [5, 5.41) is 0. The third kappa shape index (κ3) is 68.2. The van der Waals surface area contributed by atoms with Gasteiger partial charge in [0.2, 0.25) is 0 Å². The van der Waals surface area contributed by atoms with Crippen molar-refractivity contribution in [2.24, 2.45) is 0 Å². The summed E-state index contributed by atoms with van der Waals surface area (Å²) >= 11 is 0. The Bertz CT molecular complexity index is 1750. The van der Waals surface area contributed by atoms with E-state index in [1.54, 1.807) is 0 Å². The molecular formula is C77H128O6. The summed E-state index contributed by atoms with van der Waals surface area (Å²) in [5.74, 6) is -0.924. The first kappa shape index (κ1) is 78.5. The Morgan fingerprint density at radius 3 is 0.747 bits per heavy atom. The standard InChI is InChI=1S/C77H128O6/c1-4-7-10-13-16-19-22-25-28-31-33-35-36-37-38-39-40-42-43-46-49-52-55-58-61-64-67-70-76(79)82-73-74(72-81-75(78)69-66-63-60-57-54-51-48-45-30-27-24-21-18-15-12-9-6-3)83-77(80)71-68-65-62-59-56-53-50-47-44-41-34-32-29-26-23-20-17-14-11-8-5-2/h7,10,16,19,23,25-28,30,32-35,37-38,40,42,44,46-47,49,74H,4-6,8-9,11-15,17-18,20-22,24,29,31,36,39,41,43,45,48,50-73H2,1-3H3/b10-7-,19-16-,26-23-,28-25-,30-27-,34-32-,35-33-,38-37-,42-40-,47-44-,49-46-. The Morgan fingerprint density at radius 1 is 0.253 bits per heavy atom. The van der Waals surface area contributed by atoms with Gasteiger partial charge in [-0.3, -0.25) is 14.4 Å². The van der Waals surface area contributed by atoms with E-state index in [0.29, 0.717) is 19.3 Å². The molecule has 0 saturated heterocycles. The van der Waals surface area contributed by atoms with Crippen molar-refractivity contribution in [2.45, 2.75) is 322 Å². The van der Waals surface area contributed by atoms with Crippen molar-refractivity contribution in [3.8, 4) is 0 Å². The second-order valence-electron chi connectivity index (χ2n) is 22.7. The number of carbonyl (C=O) groups excluding carboxylic acids is 3. The number of esters is 3. The molecule has 0 aliphatic rings. The molecule has 0 fully saturated rings. The summed E-state index contributed by atoms with van der Waals surface area (Å²) in [6.45, 7) is 6.50. The topological polar surface area (TPSA) is 78.9 Å². The average molecular weight is 1150 g/mol. The summed E-state index contributed by atoms with van der Waals surface area (Å²) in [4.78, 5) is 38.5. The molecule has 0 aliphatic carbocycles. The van der Waals surface area contributed by atoms with E-state index in [1.165, 1.54) is 128 Å². The molecule has 0 aromatic carbocycles. The van der Waals surface area contributed by atoms with Gasteiger partial charge in [0, 0.05) is 19.3 Å². The number of allylic oxidation sites excluding steroid dienone is 22. The van der Waals surface area contributed by atoms with Gasteiger partial charge >= 0.3 is 17.9 Å². The van der Waals surface area contributed by atoms with Crippen molar-refractivity contribution < 1.29 is 28.6 Å². The van der Waals surface area contributed by atoms with Crippen molar-refractivity contribution in [1.82, 2.24) is 0 Å². The molecule has 0 spiro atoms. The van der Waals surface area contributed by atoms with Crippen LogP contribution in [0.3, 0.4) is 0 Å². The first-order valence-electron chi connectivity index (χ1n) is 34.7. The zero-order chi connectivity index (χ0) is 59.9. The lowest BCUT2D eigenvalue weighted by molar-refractivity contribution is -0.167. The number of rotatable bonds is 62. The van der Waals surface area contributed by atoms with Gasteiger partial charge < -0.3 is 14.2 Å². The Morgan fingerprint density at radius 2 is 0.470 bits per heavy atom. The van der Waals surface area contributed by atoms with Crippen molar-refractivity contribution in [2.75, 3.05) is 13.2 Å². The van der Waals surface area contributed by atoms with Crippen LogP contribution in [-0.2, 0) is 28.6 Å². The molecule has 0 radical (unpaired) electrons. The summed E-state index contributed by atoms with van der Waals surface area (Å²) < 4.78 is 17.0. The van der Waals surface area contributed by atoms with Crippen LogP contribution < -0.4 is 0 Å². The lowest BCUT2D eigenvalue weighted by Crippen LogP contribution is -2.30. The highest BCUT2D eigenvalue weighted by Gasteiger charge is 2.19. The van der Waals surface area contributed by atoms with Crippen LogP contribution in [-0.4, -0.2) is 37.2 Å². The second kappa shape index (κ2) is 70.0. The van der Waals surface area contributed by atoms with E-state index in [1.807, 2.05) is 0 Å². The molecule has 1 atom stereocenters. The van der Waals surface area contributed by atoms with Crippen LogP contribution in [0.2, 0.25) is 0 Å². The molecule has 0 N–H and O–H groups in total. The average Bonchev–Trinajstić information content (AvgIpc) is 3.49. The van der Waals surface area contributed by atoms with Gasteiger partial charge in [-0.1, -0.05) is 289 Å². The molecule has 0 amide bonds. The van der Waals surface area contributed by atoms with Crippen LogP contribution in [0.4, 0.5) is 0 Å². The van der Waals surface area contributed by atoms with Crippen LogP contribution in [0, 0.1) is 0 Å². The molecular weight excluding hydrogens is 1020 g/mol. The smallest absolute Gasteiger partial charge is 0.306 e. The maximum absolute atomic E-state index is 13.0. The van der Waals surface area contributed by atoms with Crippen LogP contribution in [0.5, 0.6) is 0 Å². The molecule has 0 aromatic rings. The van der Waals surface area contributed by atoms with Gasteiger partial charge in [0.15, 0.2) is 6.10 Å². The predicted octanol–water partition coefficient (Wildman–Crippen LogP) is 24.1. The fraction of sp³-hybridized carbons (Fsp3) is 0.675. The number of unbranched alkanes of at least 4 members (excludes halogenated alkanes) is 29. The maximum Gasteiger partial charge on any atom is 0.306 e. The zero-order valence-corrected chi connectivity index (χ0v) is 54.2. The molecule has 0 rings (SSSR count). The van der Waals surface area contributed by atoms with Crippen molar-refractivity contribution in [3.05, 3.63) is 134 Å². The van der Waals surface area contributed by atoms with E-state index < -0.39 is 6.10 Å². The Labute approximate surface area is 513 Å². The highest BCUT2D eigenvalue weighted by molar-refractivity contribution is 5.71. The molecule has 0 bridgehead atoms. The molecule has 0 aliphatic heterocycles. The van der Waals surface area contributed by atoms with Gasteiger partial charge in [0.1, 0.15) is 13.2 Å². The van der Waals surface area contributed by atoms with Crippen molar-refractivity contribution in [1.29, 1.82) is 0 Å². The van der Waals surface area contributed by atoms with E-state index in [2.05, 4.69) is 154 Å². The predicted molar refractivity (Wildman–Crippen MR) is 362 cm³/mol. The fourth-order valence-electron chi connectivity index (χ4n) is 9.43. The summed E-state index contributed by atoms with van der Waals surface area (Å²) in [6.07, 6.45) is 98.8. The molecule has 472 valence electrons. The minimum Gasteiger partial charge on any atom is -0.462 e. The van der Waals surface area contributed by atoms with Gasteiger partial charge in [-0.05, 0) is 141 Å². The van der Waals surface area contributed by atoms with Crippen LogP contribution in [0.25, 0.3) is 0 Å². The first-order valence-corrected chi connectivity index (χ1v) is 34.7. The lowest BCUT2D eigenvalue weighted by Gasteiger charge is -2.18. The van der Waals surface area contributed by atoms with E-state index in [0.717, 1.165) is 148 Å². The molecule has 6 nitrogen and oxygen atoms in total. The Kier molecular flexibility index (Phi) is 66.3. The van der Waals surface area contributed by atoms with E-state index in [9.17, 15) is 14.4 Å². The molecule has 83 heavy (non-hydrogen) atoms. The highest BCUT2D eigenvalue weighted by atomic mass is 16.6. The van der Waals surface area contributed by atoms with Crippen LogP contribution >= 0.6 is 0 Å². The SMILES string of the molecule is CC/C=C\C/C=C\C/C=C\C/C=C\C/C=C\C/C=C\C/C=C\CCCCCCCC(=O)OCC(COC(=O)CCCCCCCCC/C=C\CCCCCCCC)OC(=O)CCCCCCCC/C=C\C/C=C\C/C=C\CCCCCCC. The molecule has 0 heterocycles. The quantitative estimate of drug-likeness (QED) is 0.0261. The maximum atomic E-state index is 13.0. The van der Waals surface area contributed by atoms with Gasteiger partial charge in [-0.25, -0.2) is 0 Å². The normalized spacial score (nSPS) is 13.0. The van der Waals surface area contributed by atoms with Crippen LogP contribution in [0.1, 0.15) is 316 Å². The largest absolute Gasteiger partial charge is 0.462 e. The molecule has 0 aromatic heterocycles. The monoisotopic (exact) mass is 1150 g/mol. The summed E-state index contributed by atoms with van der Waals surface area (Å²) in [6, 6.07) is 0. The highest BCUT2D eigenvalue weighted by Crippen LogP contribution is 2.15. The Balaban J connectivity index is 4.46. The number of carbonyl (C=O) groups is 3. The number of hydrogen-bond acceptors (Lipinski definition) is 6. The fourth-order valence-corrected chi connectivity index (χ4v) is 9.43. The third-order valence-corrected chi connectivity index (χ3v) is 14.6. The van der Waals surface area contributed by atoms with Gasteiger partial charge in [-0.15, -0.1) is 0 Å².